The standard InChI is InChI=1S/C12H10O6.Na/c1-6-2-12(16)18-9-4-8(13)10(3-7(6)9)17-5-11(14)15;/h2-4,13H,5H2,1H3,(H,14,15);/q;+1. The zero-order valence-corrected chi connectivity index (χ0v) is 12.5. The molecule has 0 bridgehead atoms. The van der Waals surface area contributed by atoms with Gasteiger partial charge in [-0.25, -0.2) is 9.59 Å². The first-order valence-electron chi connectivity index (χ1n) is 5.09. The van der Waals surface area contributed by atoms with Gasteiger partial charge in [-0.15, -0.1) is 0 Å². The molecule has 1 aromatic heterocycles. The van der Waals surface area contributed by atoms with E-state index in [0.29, 0.717) is 10.9 Å². The van der Waals surface area contributed by atoms with Crippen molar-refractivity contribution in [3.63, 3.8) is 0 Å². The van der Waals surface area contributed by atoms with Gasteiger partial charge in [0.05, 0.1) is 0 Å². The van der Waals surface area contributed by atoms with E-state index in [4.69, 9.17) is 14.3 Å². The molecule has 2 aromatic rings. The van der Waals surface area contributed by atoms with E-state index in [1.807, 2.05) is 0 Å². The Balaban J connectivity index is 0.00000180. The molecular weight excluding hydrogens is 263 g/mol. The molecule has 0 amide bonds. The van der Waals surface area contributed by atoms with E-state index in [2.05, 4.69) is 0 Å². The van der Waals surface area contributed by atoms with Crippen LogP contribution in [0.15, 0.2) is 27.4 Å². The van der Waals surface area contributed by atoms with Crippen molar-refractivity contribution in [3.8, 4) is 11.5 Å². The van der Waals surface area contributed by atoms with Gasteiger partial charge in [-0.05, 0) is 18.6 Å². The molecule has 94 valence electrons. The molecule has 0 aliphatic rings. The third-order valence-electron chi connectivity index (χ3n) is 2.38. The van der Waals surface area contributed by atoms with Crippen LogP contribution in [0.4, 0.5) is 0 Å². The number of ether oxygens (including phenoxy) is 1. The molecular formula is C12H10NaO6+. The molecule has 7 heteroatoms. The van der Waals surface area contributed by atoms with Crippen LogP contribution in [0.3, 0.4) is 0 Å². The summed E-state index contributed by atoms with van der Waals surface area (Å²) in [4.78, 5) is 21.6. The molecule has 2 N–H and O–H groups in total. The topological polar surface area (TPSA) is 97.0 Å². The van der Waals surface area contributed by atoms with Gasteiger partial charge in [0, 0.05) is 17.5 Å². The monoisotopic (exact) mass is 273 g/mol. The second-order valence-corrected chi connectivity index (χ2v) is 3.75. The van der Waals surface area contributed by atoms with Gasteiger partial charge in [-0.1, -0.05) is 0 Å². The van der Waals surface area contributed by atoms with Crippen molar-refractivity contribution in [2.45, 2.75) is 6.92 Å². The van der Waals surface area contributed by atoms with E-state index in [0.717, 1.165) is 0 Å². The summed E-state index contributed by atoms with van der Waals surface area (Å²) in [5.41, 5.74) is 0.361. The maximum atomic E-state index is 11.2. The zero-order chi connectivity index (χ0) is 13.3. The number of aliphatic carboxylic acids is 1. The first kappa shape index (κ1) is 15.6. The third-order valence-corrected chi connectivity index (χ3v) is 2.38. The maximum Gasteiger partial charge on any atom is 1.00 e. The summed E-state index contributed by atoms with van der Waals surface area (Å²) in [6, 6.07) is 3.97. The SMILES string of the molecule is Cc1cc(=O)oc2cc(O)c(OCC(=O)O)cc12.[Na+]. The van der Waals surface area contributed by atoms with E-state index in [1.54, 1.807) is 6.92 Å². The normalized spacial score (nSPS) is 9.95. The number of hydrogen-bond donors (Lipinski definition) is 2. The second-order valence-electron chi connectivity index (χ2n) is 3.75. The fraction of sp³-hybridized carbons (Fsp3) is 0.167. The molecule has 2 rings (SSSR count). The Hall–Kier alpha value is -1.50. The fourth-order valence-electron chi connectivity index (χ4n) is 1.59. The van der Waals surface area contributed by atoms with Gasteiger partial charge in [-0.3, -0.25) is 0 Å². The van der Waals surface area contributed by atoms with Gasteiger partial charge in [0.25, 0.3) is 0 Å². The minimum absolute atomic E-state index is 0. The van der Waals surface area contributed by atoms with Crippen LogP contribution >= 0.6 is 0 Å². The summed E-state index contributed by atoms with van der Waals surface area (Å²) in [7, 11) is 0. The van der Waals surface area contributed by atoms with Crippen LogP contribution in [-0.4, -0.2) is 22.8 Å². The van der Waals surface area contributed by atoms with Gasteiger partial charge in [-0.2, -0.15) is 0 Å². The molecule has 1 aromatic carbocycles. The third kappa shape index (κ3) is 3.50. The summed E-state index contributed by atoms with van der Waals surface area (Å²) in [6.07, 6.45) is 0. The molecule has 0 fully saturated rings. The van der Waals surface area contributed by atoms with Crippen LogP contribution < -0.4 is 39.9 Å². The molecule has 0 atom stereocenters. The second kappa shape index (κ2) is 6.10. The molecule has 1 heterocycles. The van der Waals surface area contributed by atoms with E-state index < -0.39 is 18.2 Å². The van der Waals surface area contributed by atoms with Gasteiger partial charge in [0.15, 0.2) is 18.1 Å². The van der Waals surface area contributed by atoms with Gasteiger partial charge in [0.1, 0.15) is 5.58 Å². The van der Waals surface area contributed by atoms with Crippen molar-refractivity contribution in [3.05, 3.63) is 34.2 Å². The number of benzene rings is 1. The van der Waals surface area contributed by atoms with E-state index in [9.17, 15) is 14.7 Å². The van der Waals surface area contributed by atoms with Crippen LogP contribution in [0.1, 0.15) is 5.56 Å². The van der Waals surface area contributed by atoms with Crippen LogP contribution in [-0.2, 0) is 4.79 Å². The van der Waals surface area contributed by atoms with Gasteiger partial charge >= 0.3 is 41.2 Å². The van der Waals surface area contributed by atoms with Crippen LogP contribution in [0.5, 0.6) is 11.5 Å². The molecule has 0 aliphatic heterocycles. The number of aromatic hydroxyl groups is 1. The number of rotatable bonds is 3. The number of phenolic OH excluding ortho intramolecular Hbond substituents is 1. The summed E-state index contributed by atoms with van der Waals surface area (Å²) in [5.74, 6) is -1.40. The average Bonchev–Trinajstić information content (AvgIpc) is 2.26. The Morgan fingerprint density at radius 3 is 2.68 bits per heavy atom. The minimum Gasteiger partial charge on any atom is -0.504 e. The van der Waals surface area contributed by atoms with Crippen molar-refractivity contribution >= 4 is 16.9 Å². The summed E-state index contributed by atoms with van der Waals surface area (Å²) in [6.45, 7) is 1.15. The van der Waals surface area contributed by atoms with Crippen molar-refractivity contribution in [1.82, 2.24) is 0 Å². The maximum absolute atomic E-state index is 11.2. The quantitative estimate of drug-likeness (QED) is 0.510. The van der Waals surface area contributed by atoms with Crippen LogP contribution in [0.25, 0.3) is 11.0 Å². The van der Waals surface area contributed by atoms with Crippen molar-refractivity contribution in [1.29, 1.82) is 0 Å². The van der Waals surface area contributed by atoms with E-state index >= 15 is 0 Å². The Labute approximate surface area is 129 Å². The van der Waals surface area contributed by atoms with Crippen LogP contribution in [0, 0.1) is 6.92 Å². The Morgan fingerprint density at radius 1 is 1.37 bits per heavy atom. The molecule has 19 heavy (non-hydrogen) atoms. The Morgan fingerprint density at radius 2 is 2.05 bits per heavy atom. The number of carboxylic acids is 1. The predicted molar refractivity (Wildman–Crippen MR) is 62.0 cm³/mol. The summed E-state index contributed by atoms with van der Waals surface area (Å²) < 4.78 is 9.84. The average molecular weight is 273 g/mol. The Bertz CT molecular complexity index is 676. The van der Waals surface area contributed by atoms with E-state index in [-0.39, 0.29) is 46.6 Å². The predicted octanol–water partition coefficient (Wildman–Crippen LogP) is -1.73. The number of aryl methyl sites for hydroxylation is 1. The smallest absolute Gasteiger partial charge is 0.504 e. The first-order valence-corrected chi connectivity index (χ1v) is 5.09. The largest absolute Gasteiger partial charge is 1.00 e. The summed E-state index contributed by atoms with van der Waals surface area (Å²) in [5, 5.41) is 18.7. The van der Waals surface area contributed by atoms with Crippen molar-refractivity contribution < 1.29 is 53.7 Å². The molecule has 0 saturated carbocycles. The van der Waals surface area contributed by atoms with E-state index in [1.165, 1.54) is 18.2 Å². The molecule has 0 saturated heterocycles. The minimum atomic E-state index is -1.15. The zero-order valence-electron chi connectivity index (χ0n) is 10.5. The number of carbonyl (C=O) groups is 1. The summed E-state index contributed by atoms with van der Waals surface area (Å²) >= 11 is 0. The van der Waals surface area contributed by atoms with Crippen molar-refractivity contribution in [2.75, 3.05) is 6.61 Å². The molecule has 0 radical (unpaired) electrons. The molecule has 0 aliphatic carbocycles. The molecule has 0 unspecified atom stereocenters. The number of hydrogen-bond acceptors (Lipinski definition) is 5. The van der Waals surface area contributed by atoms with Gasteiger partial charge < -0.3 is 19.4 Å². The number of carboxylic acid groups (broad SMARTS) is 1. The first-order chi connectivity index (χ1) is 8.47. The molecule has 6 nitrogen and oxygen atoms in total. The number of fused-ring (bicyclic) bond motifs is 1. The van der Waals surface area contributed by atoms with Crippen molar-refractivity contribution in [2.24, 2.45) is 0 Å². The Kier molecular flexibility index (Phi) is 4.99. The number of phenols is 1. The fourth-order valence-corrected chi connectivity index (χ4v) is 1.59. The van der Waals surface area contributed by atoms with Gasteiger partial charge in [0.2, 0.25) is 0 Å². The van der Waals surface area contributed by atoms with Crippen LogP contribution in [0.2, 0.25) is 0 Å². The molecule has 0 spiro atoms.